The Morgan fingerprint density at radius 3 is 2.40 bits per heavy atom. The van der Waals surface area contributed by atoms with E-state index in [9.17, 15) is 13.6 Å². The second-order valence-electron chi connectivity index (χ2n) is 3.12. The van der Waals surface area contributed by atoms with Crippen molar-refractivity contribution in [2.24, 2.45) is 0 Å². The maximum atomic E-state index is 12.0. The number of nitrogens with zero attached hydrogens (tertiary/aromatic N) is 1. The maximum Gasteiger partial charge on any atom is 0.315 e. The molecule has 15 heavy (non-hydrogen) atoms. The molecule has 0 aliphatic carbocycles. The van der Waals surface area contributed by atoms with Crippen LogP contribution in [0.3, 0.4) is 0 Å². The highest BCUT2D eigenvalue weighted by atomic mass is 35.5. The summed E-state index contributed by atoms with van der Waals surface area (Å²) < 4.78 is 24.1. The van der Waals surface area contributed by atoms with Gasteiger partial charge in [-0.1, -0.05) is 23.7 Å². The van der Waals surface area contributed by atoms with E-state index in [-0.39, 0.29) is 6.54 Å². The van der Waals surface area contributed by atoms with Gasteiger partial charge in [0.05, 0.1) is 0 Å². The van der Waals surface area contributed by atoms with Gasteiger partial charge in [-0.15, -0.1) is 0 Å². The van der Waals surface area contributed by atoms with Crippen LogP contribution < -0.4 is 0 Å². The highest BCUT2D eigenvalue weighted by Gasteiger charge is 2.19. The van der Waals surface area contributed by atoms with Crippen LogP contribution in [0.2, 0.25) is 5.02 Å². The van der Waals surface area contributed by atoms with Crippen LogP contribution in [0.1, 0.15) is 5.56 Å². The van der Waals surface area contributed by atoms with Crippen LogP contribution in [-0.4, -0.2) is 24.3 Å². The Hall–Kier alpha value is -1.16. The molecule has 0 saturated carbocycles. The van der Waals surface area contributed by atoms with E-state index in [1.165, 1.54) is 7.05 Å². The first kappa shape index (κ1) is 11.9. The van der Waals surface area contributed by atoms with E-state index in [4.69, 9.17) is 11.6 Å². The molecular weight excluding hydrogens is 224 g/mol. The predicted molar refractivity (Wildman–Crippen MR) is 53.9 cm³/mol. The fraction of sp³-hybridized carbons (Fsp3) is 0.300. The van der Waals surface area contributed by atoms with Gasteiger partial charge in [0.25, 0.3) is 5.91 Å². The number of carbonyl (C=O) groups is 1. The van der Waals surface area contributed by atoms with Crippen LogP contribution in [0, 0.1) is 0 Å². The first-order chi connectivity index (χ1) is 7.00. The van der Waals surface area contributed by atoms with Crippen LogP contribution in [0.25, 0.3) is 0 Å². The summed E-state index contributed by atoms with van der Waals surface area (Å²) in [5.41, 5.74) is 0.760. The summed E-state index contributed by atoms with van der Waals surface area (Å²) in [6.45, 7) is 0.153. The van der Waals surface area contributed by atoms with E-state index >= 15 is 0 Å². The van der Waals surface area contributed by atoms with Gasteiger partial charge < -0.3 is 4.90 Å². The smallest absolute Gasteiger partial charge is 0.315 e. The summed E-state index contributed by atoms with van der Waals surface area (Å²) in [5.74, 6) is -1.18. The van der Waals surface area contributed by atoms with Crippen molar-refractivity contribution >= 4 is 17.5 Å². The molecule has 0 unspecified atom stereocenters. The minimum atomic E-state index is -2.96. The lowest BCUT2D eigenvalue weighted by molar-refractivity contribution is -0.141. The van der Waals surface area contributed by atoms with Crippen molar-refractivity contribution in [3.8, 4) is 0 Å². The molecule has 1 aromatic rings. The lowest BCUT2D eigenvalue weighted by Crippen LogP contribution is -2.31. The molecule has 5 heteroatoms. The molecule has 0 fully saturated rings. The molecule has 0 aliphatic rings. The molecule has 0 N–H and O–H groups in total. The van der Waals surface area contributed by atoms with E-state index in [0.29, 0.717) is 5.02 Å². The van der Waals surface area contributed by atoms with Gasteiger partial charge in [-0.05, 0) is 17.7 Å². The van der Waals surface area contributed by atoms with E-state index in [1.54, 1.807) is 24.3 Å². The minimum absolute atomic E-state index is 0.153. The average molecular weight is 234 g/mol. The van der Waals surface area contributed by atoms with E-state index in [1.807, 2.05) is 0 Å². The second kappa shape index (κ2) is 5.07. The normalized spacial score (nSPS) is 10.5. The zero-order chi connectivity index (χ0) is 11.4. The van der Waals surface area contributed by atoms with E-state index in [2.05, 4.69) is 0 Å². The van der Waals surface area contributed by atoms with Crippen LogP contribution in [0.4, 0.5) is 8.78 Å². The molecular formula is C10H10ClF2NO. The van der Waals surface area contributed by atoms with Gasteiger partial charge in [0.2, 0.25) is 0 Å². The molecule has 1 aromatic carbocycles. The number of halogens is 3. The number of hydrogen-bond donors (Lipinski definition) is 0. The van der Waals surface area contributed by atoms with Crippen molar-refractivity contribution in [1.29, 1.82) is 0 Å². The first-order valence-electron chi connectivity index (χ1n) is 4.28. The molecule has 0 atom stereocenters. The summed E-state index contributed by atoms with van der Waals surface area (Å²) >= 11 is 5.66. The van der Waals surface area contributed by atoms with Crippen LogP contribution in [-0.2, 0) is 11.3 Å². The molecule has 82 valence electrons. The van der Waals surface area contributed by atoms with Gasteiger partial charge in [-0.25, -0.2) is 0 Å². The molecule has 0 radical (unpaired) electrons. The molecule has 0 aliphatic heterocycles. The Balaban J connectivity index is 2.62. The predicted octanol–water partition coefficient (Wildman–Crippen LogP) is 2.56. The summed E-state index contributed by atoms with van der Waals surface area (Å²) in [5, 5.41) is 0.571. The molecule has 0 heterocycles. The van der Waals surface area contributed by atoms with Gasteiger partial charge in [-0.3, -0.25) is 4.79 Å². The molecule has 0 saturated heterocycles. The van der Waals surface area contributed by atoms with Crippen LogP contribution >= 0.6 is 11.6 Å². The Morgan fingerprint density at radius 1 is 1.40 bits per heavy atom. The third-order valence-corrected chi connectivity index (χ3v) is 2.15. The zero-order valence-electron chi connectivity index (χ0n) is 8.08. The van der Waals surface area contributed by atoms with Gasteiger partial charge in [0, 0.05) is 18.6 Å². The SMILES string of the molecule is CN(Cc1ccc(Cl)cc1)C(=O)C(F)F. The Kier molecular flexibility index (Phi) is 4.03. The molecule has 2 nitrogen and oxygen atoms in total. The zero-order valence-corrected chi connectivity index (χ0v) is 8.84. The fourth-order valence-corrected chi connectivity index (χ4v) is 1.23. The molecule has 0 aromatic heterocycles. The second-order valence-corrected chi connectivity index (χ2v) is 3.56. The number of benzene rings is 1. The average Bonchev–Trinajstić information content (AvgIpc) is 2.20. The van der Waals surface area contributed by atoms with Crippen molar-refractivity contribution in [1.82, 2.24) is 4.90 Å². The third-order valence-electron chi connectivity index (χ3n) is 1.90. The monoisotopic (exact) mass is 233 g/mol. The number of rotatable bonds is 3. The number of amides is 1. The highest BCUT2D eigenvalue weighted by Crippen LogP contribution is 2.11. The molecule has 1 amide bonds. The van der Waals surface area contributed by atoms with E-state index < -0.39 is 12.3 Å². The Morgan fingerprint density at radius 2 is 1.93 bits per heavy atom. The first-order valence-corrected chi connectivity index (χ1v) is 4.66. The molecule has 0 spiro atoms. The summed E-state index contributed by atoms with van der Waals surface area (Å²) in [7, 11) is 1.34. The van der Waals surface area contributed by atoms with Crippen molar-refractivity contribution in [3.63, 3.8) is 0 Å². The molecule has 1 rings (SSSR count). The van der Waals surface area contributed by atoms with Crippen LogP contribution in [0.15, 0.2) is 24.3 Å². The Labute approximate surface area is 91.4 Å². The van der Waals surface area contributed by atoms with Gasteiger partial charge in [-0.2, -0.15) is 8.78 Å². The summed E-state index contributed by atoms with van der Waals surface area (Å²) in [6, 6.07) is 6.68. The van der Waals surface area contributed by atoms with Crippen molar-refractivity contribution in [2.45, 2.75) is 13.0 Å². The fourth-order valence-electron chi connectivity index (χ4n) is 1.11. The molecule has 0 bridgehead atoms. The Bertz CT molecular complexity index is 340. The topological polar surface area (TPSA) is 20.3 Å². The number of alkyl halides is 2. The highest BCUT2D eigenvalue weighted by molar-refractivity contribution is 6.30. The maximum absolute atomic E-state index is 12.0. The van der Waals surface area contributed by atoms with E-state index in [0.717, 1.165) is 10.5 Å². The lowest BCUT2D eigenvalue weighted by atomic mass is 10.2. The van der Waals surface area contributed by atoms with Crippen LogP contribution in [0.5, 0.6) is 0 Å². The summed E-state index contributed by atoms with van der Waals surface area (Å²) in [4.78, 5) is 11.8. The van der Waals surface area contributed by atoms with Gasteiger partial charge in [0.15, 0.2) is 0 Å². The van der Waals surface area contributed by atoms with Crippen molar-refractivity contribution < 1.29 is 13.6 Å². The third kappa shape index (κ3) is 3.47. The van der Waals surface area contributed by atoms with Gasteiger partial charge in [0.1, 0.15) is 0 Å². The van der Waals surface area contributed by atoms with Crippen molar-refractivity contribution in [2.75, 3.05) is 7.05 Å². The van der Waals surface area contributed by atoms with Crippen molar-refractivity contribution in [3.05, 3.63) is 34.9 Å². The quantitative estimate of drug-likeness (QED) is 0.786. The number of hydrogen-bond acceptors (Lipinski definition) is 1. The summed E-state index contributed by atoms with van der Waals surface area (Å²) in [6.07, 6.45) is -2.96. The minimum Gasteiger partial charge on any atom is -0.336 e. The largest absolute Gasteiger partial charge is 0.336 e. The van der Waals surface area contributed by atoms with Gasteiger partial charge >= 0.3 is 6.43 Å². The standard InChI is InChI=1S/C10H10ClF2NO/c1-14(10(15)9(12)13)6-7-2-4-8(11)5-3-7/h2-5,9H,6H2,1H3. The lowest BCUT2D eigenvalue weighted by Gasteiger charge is -2.16. The number of carbonyl (C=O) groups excluding carboxylic acids is 1.